The van der Waals surface area contributed by atoms with E-state index in [-0.39, 0.29) is 29.9 Å². The molecule has 9 nitrogen and oxygen atoms in total. The van der Waals surface area contributed by atoms with Crippen LogP contribution in [0, 0.1) is 5.92 Å². The van der Waals surface area contributed by atoms with E-state index in [9.17, 15) is 14.7 Å². The zero-order valence-corrected chi connectivity index (χ0v) is 16.9. The van der Waals surface area contributed by atoms with E-state index in [0.29, 0.717) is 25.3 Å². The van der Waals surface area contributed by atoms with Crippen LogP contribution in [0.3, 0.4) is 0 Å². The molecule has 1 spiro atoms. The highest BCUT2D eigenvalue weighted by Crippen LogP contribution is 2.40. The van der Waals surface area contributed by atoms with Gasteiger partial charge in [0.05, 0.1) is 17.7 Å². The summed E-state index contributed by atoms with van der Waals surface area (Å²) >= 11 is 0. The van der Waals surface area contributed by atoms with E-state index >= 15 is 0 Å². The second kappa shape index (κ2) is 7.60. The minimum absolute atomic E-state index is 0.0571. The standard InChI is InChI=1S/C20H31N5O4/c1-19(24-17(28)13-4-2-3-5-13)12-20(29-11-14(19)26)6-8-25(9-7-20)15-10-16(27)23-18(21)22-15/h10,13-14,26H,2-9,11-12H2,1H3,(H,24,28)(H3,21,22,23,27)/t14-,19-/m1/s1. The molecule has 3 fully saturated rings. The number of amides is 1. The largest absolute Gasteiger partial charge is 0.388 e. The van der Waals surface area contributed by atoms with Crippen molar-refractivity contribution in [3.8, 4) is 0 Å². The summed E-state index contributed by atoms with van der Waals surface area (Å²) in [7, 11) is 0. The van der Waals surface area contributed by atoms with Gasteiger partial charge in [-0.2, -0.15) is 4.98 Å². The Labute approximate surface area is 170 Å². The number of ether oxygens (including phenoxy) is 1. The minimum atomic E-state index is -0.731. The summed E-state index contributed by atoms with van der Waals surface area (Å²) in [5, 5.41) is 13.8. The number of nitrogen functional groups attached to an aromatic ring is 1. The van der Waals surface area contributed by atoms with Crippen LogP contribution in [0.1, 0.15) is 51.9 Å². The lowest BCUT2D eigenvalue weighted by Crippen LogP contribution is -2.66. The van der Waals surface area contributed by atoms with Crippen LogP contribution in [0.15, 0.2) is 10.9 Å². The van der Waals surface area contributed by atoms with Crippen molar-refractivity contribution in [1.29, 1.82) is 0 Å². The van der Waals surface area contributed by atoms with Crippen molar-refractivity contribution in [2.75, 3.05) is 30.3 Å². The van der Waals surface area contributed by atoms with Gasteiger partial charge in [-0.25, -0.2) is 0 Å². The molecule has 3 heterocycles. The predicted molar refractivity (Wildman–Crippen MR) is 109 cm³/mol. The third-order valence-electron chi connectivity index (χ3n) is 6.85. The summed E-state index contributed by atoms with van der Waals surface area (Å²) in [6, 6.07) is 1.45. The Kier molecular flexibility index (Phi) is 5.29. The summed E-state index contributed by atoms with van der Waals surface area (Å²) < 4.78 is 6.11. The Morgan fingerprint density at radius 3 is 2.72 bits per heavy atom. The maximum Gasteiger partial charge on any atom is 0.254 e. The van der Waals surface area contributed by atoms with Crippen molar-refractivity contribution in [1.82, 2.24) is 15.3 Å². The normalized spacial score (nSPS) is 29.9. The Morgan fingerprint density at radius 1 is 1.38 bits per heavy atom. The molecule has 1 aromatic heterocycles. The highest BCUT2D eigenvalue weighted by molar-refractivity contribution is 5.79. The summed E-state index contributed by atoms with van der Waals surface area (Å²) in [5.41, 5.74) is 4.29. The molecule has 1 aromatic rings. The van der Waals surface area contributed by atoms with Gasteiger partial charge >= 0.3 is 0 Å². The first-order valence-corrected chi connectivity index (χ1v) is 10.5. The number of hydrogen-bond acceptors (Lipinski definition) is 7. The van der Waals surface area contributed by atoms with Gasteiger partial charge in [-0.1, -0.05) is 12.8 Å². The van der Waals surface area contributed by atoms with Crippen LogP contribution < -0.4 is 21.5 Å². The van der Waals surface area contributed by atoms with E-state index in [1.165, 1.54) is 6.07 Å². The Balaban J connectivity index is 1.43. The van der Waals surface area contributed by atoms with E-state index < -0.39 is 17.2 Å². The summed E-state index contributed by atoms with van der Waals surface area (Å²) in [4.78, 5) is 33.1. The monoisotopic (exact) mass is 405 g/mol. The molecule has 29 heavy (non-hydrogen) atoms. The fourth-order valence-corrected chi connectivity index (χ4v) is 5.07. The number of nitrogens with one attached hydrogen (secondary N) is 2. The first-order chi connectivity index (χ1) is 13.8. The highest BCUT2D eigenvalue weighted by Gasteiger charge is 2.50. The lowest BCUT2D eigenvalue weighted by atomic mass is 9.74. The fraction of sp³-hybridized carbons (Fsp3) is 0.750. The van der Waals surface area contributed by atoms with Gasteiger partial charge in [0.1, 0.15) is 11.9 Å². The molecular weight excluding hydrogens is 374 g/mol. The molecule has 0 bridgehead atoms. The number of aromatic nitrogens is 2. The van der Waals surface area contributed by atoms with Crippen LogP contribution in [0.4, 0.5) is 11.8 Å². The molecule has 5 N–H and O–H groups in total. The number of aliphatic hydroxyl groups excluding tert-OH is 1. The van der Waals surface area contributed by atoms with Crippen LogP contribution in [-0.4, -0.2) is 57.9 Å². The maximum absolute atomic E-state index is 12.7. The molecule has 2 atom stereocenters. The number of carbonyl (C=O) groups excluding carboxylic acids is 1. The number of anilines is 2. The van der Waals surface area contributed by atoms with E-state index in [0.717, 1.165) is 38.5 Å². The molecule has 2 saturated heterocycles. The van der Waals surface area contributed by atoms with Crippen molar-refractivity contribution >= 4 is 17.7 Å². The number of carbonyl (C=O) groups is 1. The van der Waals surface area contributed by atoms with Crippen LogP contribution in [0.25, 0.3) is 0 Å². The Bertz CT molecular complexity index is 813. The molecule has 1 amide bonds. The Hall–Kier alpha value is -2.13. The average Bonchev–Trinajstić information content (AvgIpc) is 3.20. The number of hydrogen-bond donors (Lipinski definition) is 4. The number of nitrogens with two attached hydrogens (primary N) is 1. The molecule has 2 aliphatic heterocycles. The number of nitrogens with zero attached hydrogens (tertiary/aromatic N) is 2. The van der Waals surface area contributed by atoms with Crippen LogP contribution in [0.2, 0.25) is 0 Å². The van der Waals surface area contributed by atoms with Crippen molar-refractivity contribution in [2.24, 2.45) is 5.92 Å². The van der Waals surface area contributed by atoms with Crippen molar-refractivity contribution in [3.63, 3.8) is 0 Å². The highest BCUT2D eigenvalue weighted by atomic mass is 16.5. The molecule has 0 aromatic carbocycles. The van der Waals surface area contributed by atoms with Crippen molar-refractivity contribution in [2.45, 2.75) is 69.1 Å². The average molecular weight is 405 g/mol. The number of piperidine rings is 1. The van der Waals surface area contributed by atoms with Gasteiger partial charge < -0.3 is 25.8 Å². The van der Waals surface area contributed by atoms with Crippen LogP contribution in [-0.2, 0) is 9.53 Å². The molecule has 1 aliphatic carbocycles. The Morgan fingerprint density at radius 2 is 2.07 bits per heavy atom. The molecule has 3 aliphatic rings. The van der Waals surface area contributed by atoms with Crippen LogP contribution in [0.5, 0.6) is 0 Å². The van der Waals surface area contributed by atoms with Gasteiger partial charge in [0.15, 0.2) is 0 Å². The zero-order chi connectivity index (χ0) is 20.6. The molecular formula is C20H31N5O4. The van der Waals surface area contributed by atoms with Gasteiger partial charge in [-0.3, -0.25) is 14.6 Å². The van der Waals surface area contributed by atoms with Gasteiger partial charge in [0, 0.05) is 31.5 Å². The van der Waals surface area contributed by atoms with Gasteiger partial charge in [0.2, 0.25) is 11.9 Å². The number of H-pyrrole nitrogens is 1. The molecule has 1 saturated carbocycles. The van der Waals surface area contributed by atoms with E-state index in [4.69, 9.17) is 10.5 Å². The van der Waals surface area contributed by atoms with Gasteiger partial charge in [-0.05, 0) is 32.6 Å². The molecule has 9 heteroatoms. The van der Waals surface area contributed by atoms with E-state index in [2.05, 4.69) is 15.3 Å². The zero-order valence-electron chi connectivity index (χ0n) is 16.9. The van der Waals surface area contributed by atoms with Crippen molar-refractivity contribution in [3.05, 3.63) is 16.4 Å². The molecule has 160 valence electrons. The second-order valence-electron chi connectivity index (χ2n) is 9.05. The van der Waals surface area contributed by atoms with Gasteiger partial charge in [0.25, 0.3) is 5.56 Å². The van der Waals surface area contributed by atoms with E-state index in [1.807, 2.05) is 11.8 Å². The third kappa shape index (κ3) is 4.11. The first-order valence-electron chi connectivity index (χ1n) is 10.5. The molecule has 4 rings (SSSR count). The van der Waals surface area contributed by atoms with Crippen LogP contribution >= 0.6 is 0 Å². The summed E-state index contributed by atoms with van der Waals surface area (Å²) in [6.45, 7) is 3.47. The summed E-state index contributed by atoms with van der Waals surface area (Å²) in [6.07, 6.45) is 5.35. The lowest BCUT2D eigenvalue weighted by Gasteiger charge is -2.52. The van der Waals surface area contributed by atoms with Crippen molar-refractivity contribution < 1.29 is 14.6 Å². The molecule has 0 unspecified atom stereocenters. The first kappa shape index (κ1) is 20.2. The third-order valence-corrected chi connectivity index (χ3v) is 6.85. The topological polar surface area (TPSA) is 134 Å². The molecule has 0 radical (unpaired) electrons. The van der Waals surface area contributed by atoms with Gasteiger partial charge in [-0.15, -0.1) is 0 Å². The second-order valence-corrected chi connectivity index (χ2v) is 9.05. The fourth-order valence-electron chi connectivity index (χ4n) is 5.07. The summed E-state index contributed by atoms with van der Waals surface area (Å²) in [5.74, 6) is 0.787. The van der Waals surface area contributed by atoms with E-state index in [1.54, 1.807) is 0 Å². The quantitative estimate of drug-likeness (QED) is 0.577. The predicted octanol–water partition coefficient (Wildman–Crippen LogP) is 0.537. The lowest BCUT2D eigenvalue weighted by molar-refractivity contribution is -0.173. The SMILES string of the molecule is C[C@@]1(NC(=O)C2CCCC2)CC2(CCN(c3cc(=O)[nH]c(N)n3)CC2)OC[C@H]1O. The maximum atomic E-state index is 12.7. The number of aliphatic hydroxyl groups is 1. The minimum Gasteiger partial charge on any atom is -0.388 e. The number of aromatic amines is 1. The smallest absolute Gasteiger partial charge is 0.254 e. The number of rotatable bonds is 3.